The second-order valence-electron chi connectivity index (χ2n) is 8.58. The average molecular weight is 472 g/mol. The summed E-state index contributed by atoms with van der Waals surface area (Å²) >= 11 is 1.38. The first-order valence-electron chi connectivity index (χ1n) is 11.3. The van der Waals surface area contributed by atoms with E-state index in [1.807, 2.05) is 11.4 Å². The van der Waals surface area contributed by atoms with Crippen molar-refractivity contribution in [2.24, 2.45) is 5.73 Å². The molecule has 9 nitrogen and oxygen atoms in total. The largest absolute Gasteiger partial charge is 0.353 e. The highest BCUT2D eigenvalue weighted by atomic mass is 32.1. The fraction of sp³-hybridized carbons (Fsp3) is 0.478. The number of rotatable bonds is 9. The molecule has 0 spiro atoms. The van der Waals surface area contributed by atoms with Gasteiger partial charge in [0.25, 0.3) is 11.6 Å². The number of nitro benzene ring substituents is 1. The van der Waals surface area contributed by atoms with Crippen LogP contribution >= 0.6 is 11.3 Å². The second kappa shape index (κ2) is 10.4. The van der Waals surface area contributed by atoms with Crippen molar-refractivity contribution in [3.63, 3.8) is 0 Å². The number of benzene rings is 1. The highest BCUT2D eigenvalue weighted by molar-refractivity contribution is 7.12. The van der Waals surface area contributed by atoms with Crippen LogP contribution in [0, 0.1) is 10.1 Å². The number of nitrogens with zero attached hydrogens (tertiary/aromatic N) is 3. The summed E-state index contributed by atoms with van der Waals surface area (Å²) in [5.41, 5.74) is 6.66. The van der Waals surface area contributed by atoms with Crippen molar-refractivity contribution in [1.82, 2.24) is 15.1 Å². The van der Waals surface area contributed by atoms with E-state index < -0.39 is 11.0 Å². The van der Waals surface area contributed by atoms with Crippen LogP contribution < -0.4 is 11.1 Å². The Labute approximate surface area is 196 Å². The summed E-state index contributed by atoms with van der Waals surface area (Å²) in [6, 6.07) is 10.3. The number of carbonyl (C=O) groups excluding carboxylic acids is 2. The van der Waals surface area contributed by atoms with Crippen LogP contribution in [0.5, 0.6) is 0 Å². The molecule has 2 aromatic rings. The van der Waals surface area contributed by atoms with Gasteiger partial charge in [-0.1, -0.05) is 18.2 Å². The Morgan fingerprint density at radius 2 is 1.94 bits per heavy atom. The standard InChI is InChI=1S/C23H29N5O4S/c24-10-11-25-22(29)20-14-19(9-12-26(20)23(30)21-2-1-13-33-21)27(17-7-8-17)15-16-3-5-18(6-4-16)28(31)32/h1-6,13,17,19-20H,7-12,14-15,24H2,(H,25,29)/t19?,20-/m1/s1. The van der Waals surface area contributed by atoms with E-state index in [4.69, 9.17) is 5.73 Å². The second-order valence-corrected chi connectivity index (χ2v) is 9.52. The quantitative estimate of drug-likeness (QED) is 0.428. The summed E-state index contributed by atoms with van der Waals surface area (Å²) < 4.78 is 0. The maximum absolute atomic E-state index is 13.1. The molecule has 2 aliphatic rings. The van der Waals surface area contributed by atoms with Gasteiger partial charge < -0.3 is 16.0 Å². The summed E-state index contributed by atoms with van der Waals surface area (Å²) in [6.07, 6.45) is 3.54. The summed E-state index contributed by atoms with van der Waals surface area (Å²) in [7, 11) is 0. The third kappa shape index (κ3) is 5.58. The van der Waals surface area contributed by atoms with Gasteiger partial charge in [-0.25, -0.2) is 0 Å². The van der Waals surface area contributed by atoms with Crippen molar-refractivity contribution in [3.8, 4) is 0 Å². The highest BCUT2D eigenvalue weighted by Gasteiger charge is 2.42. The smallest absolute Gasteiger partial charge is 0.269 e. The van der Waals surface area contributed by atoms with Crippen molar-refractivity contribution >= 4 is 28.8 Å². The molecule has 3 N–H and O–H groups in total. The van der Waals surface area contributed by atoms with Crippen LogP contribution in [0.15, 0.2) is 41.8 Å². The van der Waals surface area contributed by atoms with E-state index in [9.17, 15) is 19.7 Å². The van der Waals surface area contributed by atoms with Crippen LogP contribution in [-0.4, -0.2) is 64.3 Å². The molecule has 1 aromatic heterocycles. The molecule has 2 amide bonds. The molecule has 1 saturated heterocycles. The average Bonchev–Trinajstić information content (AvgIpc) is 3.52. The number of carbonyl (C=O) groups is 2. The highest BCUT2D eigenvalue weighted by Crippen LogP contribution is 2.35. The molecule has 176 valence electrons. The van der Waals surface area contributed by atoms with E-state index in [0.29, 0.717) is 43.5 Å². The van der Waals surface area contributed by atoms with Crippen LogP contribution in [0.1, 0.15) is 40.9 Å². The molecule has 1 aliphatic heterocycles. The van der Waals surface area contributed by atoms with Crippen molar-refractivity contribution < 1.29 is 14.5 Å². The van der Waals surface area contributed by atoms with E-state index in [1.165, 1.54) is 23.5 Å². The summed E-state index contributed by atoms with van der Waals surface area (Å²) in [5, 5.41) is 15.7. The molecule has 1 unspecified atom stereocenters. The Balaban J connectivity index is 1.51. The Morgan fingerprint density at radius 1 is 1.18 bits per heavy atom. The lowest BCUT2D eigenvalue weighted by molar-refractivity contribution is -0.384. The van der Waals surface area contributed by atoms with Gasteiger partial charge in [-0.05, 0) is 42.7 Å². The molecule has 0 radical (unpaired) electrons. The minimum atomic E-state index is -0.553. The molecule has 1 aromatic carbocycles. The summed E-state index contributed by atoms with van der Waals surface area (Å²) in [5.74, 6) is -0.272. The maximum Gasteiger partial charge on any atom is 0.269 e. The first kappa shape index (κ1) is 23.3. The lowest BCUT2D eigenvalue weighted by Crippen LogP contribution is -2.57. The zero-order valence-electron chi connectivity index (χ0n) is 18.4. The number of nitrogens with two attached hydrogens (primary N) is 1. The fourth-order valence-corrected chi connectivity index (χ4v) is 5.17. The van der Waals surface area contributed by atoms with Gasteiger partial charge in [0.2, 0.25) is 5.91 Å². The van der Waals surface area contributed by atoms with Gasteiger partial charge in [0.15, 0.2) is 0 Å². The first-order chi connectivity index (χ1) is 16.0. The lowest BCUT2D eigenvalue weighted by Gasteiger charge is -2.43. The Morgan fingerprint density at radius 3 is 2.55 bits per heavy atom. The molecule has 1 aliphatic carbocycles. The predicted octanol–water partition coefficient (Wildman–Crippen LogP) is 2.37. The molecular weight excluding hydrogens is 442 g/mol. The number of likely N-dealkylation sites (tertiary alicyclic amines) is 1. The molecule has 10 heteroatoms. The number of piperidine rings is 1. The maximum atomic E-state index is 13.1. The van der Waals surface area contributed by atoms with E-state index in [-0.39, 0.29) is 23.5 Å². The molecule has 2 fully saturated rings. The molecule has 0 bridgehead atoms. The normalized spacial score (nSPS) is 20.6. The number of non-ortho nitro benzene ring substituents is 1. The molecular formula is C23H29N5O4S. The van der Waals surface area contributed by atoms with Crippen molar-refractivity contribution in [2.45, 2.75) is 50.4 Å². The van der Waals surface area contributed by atoms with Gasteiger partial charge in [0, 0.05) is 50.4 Å². The number of nitrogens with one attached hydrogen (secondary N) is 1. The SMILES string of the molecule is NCCNC(=O)[C@H]1CC(N(Cc2ccc([N+](=O)[O-])cc2)C2CC2)CCN1C(=O)c1cccs1. The van der Waals surface area contributed by atoms with Crippen molar-refractivity contribution in [3.05, 3.63) is 62.3 Å². The Bertz CT molecular complexity index is 977. The Hall–Kier alpha value is -2.82. The van der Waals surface area contributed by atoms with Gasteiger partial charge in [0.1, 0.15) is 6.04 Å². The number of amides is 2. The van der Waals surface area contributed by atoms with E-state index in [2.05, 4.69) is 10.2 Å². The number of hydrogen-bond acceptors (Lipinski definition) is 7. The van der Waals surface area contributed by atoms with E-state index in [1.54, 1.807) is 23.1 Å². The van der Waals surface area contributed by atoms with Crippen LogP contribution in [0.2, 0.25) is 0 Å². The first-order valence-corrected chi connectivity index (χ1v) is 12.2. The molecule has 2 atom stereocenters. The van der Waals surface area contributed by atoms with Gasteiger partial charge in [0.05, 0.1) is 9.80 Å². The van der Waals surface area contributed by atoms with Crippen LogP contribution in [0.25, 0.3) is 0 Å². The fourth-order valence-electron chi connectivity index (χ4n) is 4.49. The number of thiophene rings is 1. The molecule has 2 heterocycles. The van der Waals surface area contributed by atoms with Crippen LogP contribution in [0.3, 0.4) is 0 Å². The van der Waals surface area contributed by atoms with E-state index in [0.717, 1.165) is 24.8 Å². The zero-order valence-corrected chi connectivity index (χ0v) is 19.2. The van der Waals surface area contributed by atoms with Crippen molar-refractivity contribution in [1.29, 1.82) is 0 Å². The van der Waals surface area contributed by atoms with Crippen molar-refractivity contribution in [2.75, 3.05) is 19.6 Å². The topological polar surface area (TPSA) is 122 Å². The summed E-state index contributed by atoms with van der Waals surface area (Å²) in [6.45, 7) is 1.89. The summed E-state index contributed by atoms with van der Waals surface area (Å²) in [4.78, 5) is 41.4. The number of hydrogen-bond donors (Lipinski definition) is 2. The van der Waals surface area contributed by atoms with Gasteiger partial charge in [-0.3, -0.25) is 24.6 Å². The zero-order chi connectivity index (χ0) is 23.4. The van der Waals surface area contributed by atoms with Crippen LogP contribution in [0.4, 0.5) is 5.69 Å². The monoisotopic (exact) mass is 471 g/mol. The van der Waals surface area contributed by atoms with E-state index >= 15 is 0 Å². The minimum absolute atomic E-state index is 0.0776. The minimum Gasteiger partial charge on any atom is -0.353 e. The van der Waals surface area contributed by atoms with Crippen LogP contribution in [-0.2, 0) is 11.3 Å². The third-order valence-corrected chi connectivity index (χ3v) is 7.17. The molecule has 4 rings (SSSR count). The number of nitro groups is 1. The van der Waals surface area contributed by atoms with Gasteiger partial charge in [-0.2, -0.15) is 0 Å². The van der Waals surface area contributed by atoms with Gasteiger partial charge in [-0.15, -0.1) is 11.3 Å². The molecule has 33 heavy (non-hydrogen) atoms. The predicted molar refractivity (Wildman–Crippen MR) is 126 cm³/mol. The van der Waals surface area contributed by atoms with Gasteiger partial charge >= 0.3 is 0 Å². The Kier molecular flexibility index (Phi) is 7.36. The lowest BCUT2D eigenvalue weighted by atomic mass is 9.94. The third-order valence-electron chi connectivity index (χ3n) is 6.31. The molecule has 1 saturated carbocycles.